The molecule has 0 aliphatic rings. The summed E-state index contributed by atoms with van der Waals surface area (Å²) in [5, 5.41) is 4.33. The first-order chi connectivity index (χ1) is 6.99. The molecule has 1 aromatic heterocycles. The highest BCUT2D eigenvalue weighted by atomic mass is 79.9. The maximum Gasteiger partial charge on any atom is 0.153 e. The van der Waals surface area contributed by atoms with Crippen LogP contribution in [0, 0.1) is 5.92 Å². The summed E-state index contributed by atoms with van der Waals surface area (Å²) in [4.78, 5) is 6.25. The van der Waals surface area contributed by atoms with Crippen LogP contribution in [0.1, 0.15) is 13.8 Å². The molecule has 0 bridgehead atoms. The highest BCUT2D eigenvalue weighted by Gasteiger charge is 2.06. The van der Waals surface area contributed by atoms with E-state index in [0.29, 0.717) is 5.92 Å². The maximum atomic E-state index is 4.35. The summed E-state index contributed by atoms with van der Waals surface area (Å²) in [7, 11) is 3.89. The third-order valence-electron chi connectivity index (χ3n) is 1.69. The van der Waals surface area contributed by atoms with E-state index in [1.807, 2.05) is 29.7 Å². The van der Waals surface area contributed by atoms with Gasteiger partial charge in [0.25, 0.3) is 0 Å². The Morgan fingerprint density at radius 3 is 2.80 bits per heavy atom. The van der Waals surface area contributed by atoms with Gasteiger partial charge in [-0.1, -0.05) is 13.8 Å². The van der Waals surface area contributed by atoms with Crippen molar-refractivity contribution in [2.75, 3.05) is 14.1 Å². The van der Waals surface area contributed by atoms with Crippen LogP contribution >= 0.6 is 15.9 Å². The zero-order valence-corrected chi connectivity index (χ0v) is 11.2. The van der Waals surface area contributed by atoms with Gasteiger partial charge in [-0.15, -0.1) is 0 Å². The summed E-state index contributed by atoms with van der Waals surface area (Å²) in [6, 6.07) is 1.92. The first-order valence-electron chi connectivity index (χ1n) is 4.93. The van der Waals surface area contributed by atoms with Crippen LogP contribution in [-0.2, 0) is 6.54 Å². The lowest BCUT2D eigenvalue weighted by molar-refractivity contribution is 0.484. The lowest BCUT2D eigenvalue weighted by Gasteiger charge is -2.07. The quantitative estimate of drug-likeness (QED) is 0.624. The Morgan fingerprint density at radius 1 is 1.60 bits per heavy atom. The van der Waals surface area contributed by atoms with E-state index in [4.69, 9.17) is 0 Å². The van der Waals surface area contributed by atoms with E-state index in [-0.39, 0.29) is 0 Å². The van der Waals surface area contributed by atoms with Crippen LogP contribution in [0.25, 0.3) is 0 Å². The van der Waals surface area contributed by atoms with E-state index < -0.39 is 0 Å². The molecule has 0 fully saturated rings. The van der Waals surface area contributed by atoms with Crippen LogP contribution in [-0.4, -0.2) is 35.1 Å². The molecule has 0 N–H and O–H groups in total. The molecule has 0 amide bonds. The SMILES string of the molecule is CC(C)Cn1nc(Br)cc1/N=C/N(C)C. The highest BCUT2D eigenvalue weighted by molar-refractivity contribution is 9.10. The number of aromatic nitrogens is 2. The number of hydrogen-bond donors (Lipinski definition) is 0. The van der Waals surface area contributed by atoms with Gasteiger partial charge in [-0.05, 0) is 21.8 Å². The third-order valence-corrected chi connectivity index (χ3v) is 2.08. The van der Waals surface area contributed by atoms with Crippen LogP contribution in [0.4, 0.5) is 5.82 Å². The van der Waals surface area contributed by atoms with Gasteiger partial charge in [-0.25, -0.2) is 9.67 Å². The number of hydrogen-bond acceptors (Lipinski definition) is 2. The van der Waals surface area contributed by atoms with Gasteiger partial charge in [-0.3, -0.25) is 0 Å². The molecule has 0 aliphatic heterocycles. The minimum absolute atomic E-state index is 0.560. The lowest BCUT2D eigenvalue weighted by atomic mass is 10.2. The molecule has 5 heteroatoms. The summed E-state index contributed by atoms with van der Waals surface area (Å²) in [5.74, 6) is 1.44. The van der Waals surface area contributed by atoms with E-state index in [0.717, 1.165) is 17.0 Å². The van der Waals surface area contributed by atoms with Gasteiger partial charge in [0, 0.05) is 26.7 Å². The van der Waals surface area contributed by atoms with E-state index in [9.17, 15) is 0 Å². The van der Waals surface area contributed by atoms with Crippen molar-refractivity contribution in [1.29, 1.82) is 0 Å². The second-order valence-corrected chi connectivity index (χ2v) is 4.92. The molecule has 0 atom stereocenters. The fourth-order valence-electron chi connectivity index (χ4n) is 1.14. The summed E-state index contributed by atoms with van der Waals surface area (Å²) in [5.41, 5.74) is 0. The first-order valence-corrected chi connectivity index (χ1v) is 5.72. The number of halogens is 1. The molecule has 1 aromatic rings. The Balaban J connectivity index is 2.86. The fourth-order valence-corrected chi connectivity index (χ4v) is 1.53. The van der Waals surface area contributed by atoms with Gasteiger partial charge in [0.15, 0.2) is 5.82 Å². The Kier molecular flexibility index (Phi) is 4.32. The average Bonchev–Trinajstić information content (AvgIpc) is 2.41. The summed E-state index contributed by atoms with van der Waals surface area (Å²) < 4.78 is 2.74. The van der Waals surface area contributed by atoms with E-state index >= 15 is 0 Å². The molecule has 15 heavy (non-hydrogen) atoms. The molecule has 0 spiro atoms. The molecule has 0 saturated carbocycles. The van der Waals surface area contributed by atoms with Crippen molar-refractivity contribution in [2.24, 2.45) is 10.9 Å². The molecular formula is C10H17BrN4. The van der Waals surface area contributed by atoms with Crippen molar-refractivity contribution in [3.8, 4) is 0 Å². The monoisotopic (exact) mass is 272 g/mol. The molecule has 4 nitrogen and oxygen atoms in total. The Bertz CT molecular complexity index is 341. The van der Waals surface area contributed by atoms with Crippen molar-refractivity contribution in [1.82, 2.24) is 14.7 Å². The smallest absolute Gasteiger partial charge is 0.153 e. The summed E-state index contributed by atoms with van der Waals surface area (Å²) in [6.07, 6.45) is 1.78. The molecule has 1 rings (SSSR count). The zero-order chi connectivity index (χ0) is 11.4. The van der Waals surface area contributed by atoms with Crippen LogP contribution in [0.5, 0.6) is 0 Å². The Labute approximate surface area is 99.1 Å². The van der Waals surface area contributed by atoms with Gasteiger partial charge < -0.3 is 4.90 Å². The van der Waals surface area contributed by atoms with Gasteiger partial charge in [0.1, 0.15) is 4.60 Å². The van der Waals surface area contributed by atoms with Gasteiger partial charge in [-0.2, -0.15) is 5.10 Å². The normalized spacial score (nSPS) is 11.6. The Morgan fingerprint density at radius 2 is 2.27 bits per heavy atom. The highest BCUT2D eigenvalue weighted by Crippen LogP contribution is 2.19. The fraction of sp³-hybridized carbons (Fsp3) is 0.600. The molecule has 0 radical (unpaired) electrons. The van der Waals surface area contributed by atoms with Crippen molar-refractivity contribution in [3.05, 3.63) is 10.7 Å². The molecule has 1 heterocycles. The standard InChI is InChI=1S/C10H17BrN4/c1-8(2)6-15-10(5-9(11)13-15)12-7-14(3)4/h5,7-8H,6H2,1-4H3/b12-7+. The minimum atomic E-state index is 0.560. The Hall–Kier alpha value is -0.840. The predicted octanol–water partition coefficient (Wildman–Crippen LogP) is 2.52. The number of aliphatic imine (C=N–C) groups is 1. The van der Waals surface area contributed by atoms with Crippen LogP contribution in [0.15, 0.2) is 15.7 Å². The first kappa shape index (κ1) is 12.2. The van der Waals surface area contributed by atoms with Crippen LogP contribution in [0.2, 0.25) is 0 Å². The topological polar surface area (TPSA) is 33.4 Å². The van der Waals surface area contributed by atoms with Crippen molar-refractivity contribution >= 4 is 28.1 Å². The largest absolute Gasteiger partial charge is 0.369 e. The second-order valence-electron chi connectivity index (χ2n) is 4.11. The molecule has 0 aliphatic carbocycles. The average molecular weight is 273 g/mol. The molecule has 84 valence electrons. The van der Waals surface area contributed by atoms with Crippen LogP contribution in [0.3, 0.4) is 0 Å². The van der Waals surface area contributed by atoms with Crippen molar-refractivity contribution in [3.63, 3.8) is 0 Å². The zero-order valence-electron chi connectivity index (χ0n) is 9.61. The maximum absolute atomic E-state index is 4.35. The van der Waals surface area contributed by atoms with Crippen molar-refractivity contribution < 1.29 is 0 Å². The molecule has 0 unspecified atom stereocenters. The van der Waals surface area contributed by atoms with Crippen molar-refractivity contribution in [2.45, 2.75) is 20.4 Å². The van der Waals surface area contributed by atoms with E-state index in [2.05, 4.69) is 39.9 Å². The predicted molar refractivity (Wildman–Crippen MR) is 66.6 cm³/mol. The molecule has 0 saturated heterocycles. The third kappa shape index (κ3) is 4.03. The van der Waals surface area contributed by atoms with E-state index in [1.165, 1.54) is 0 Å². The van der Waals surface area contributed by atoms with E-state index in [1.54, 1.807) is 6.34 Å². The second kappa shape index (κ2) is 5.30. The lowest BCUT2D eigenvalue weighted by Crippen LogP contribution is -2.09. The number of rotatable bonds is 4. The van der Waals surface area contributed by atoms with Gasteiger partial charge >= 0.3 is 0 Å². The minimum Gasteiger partial charge on any atom is -0.369 e. The number of nitrogens with zero attached hydrogens (tertiary/aromatic N) is 4. The molecule has 0 aromatic carbocycles. The van der Waals surface area contributed by atoms with Gasteiger partial charge in [0.05, 0.1) is 6.34 Å². The summed E-state index contributed by atoms with van der Waals surface area (Å²) in [6.45, 7) is 5.20. The van der Waals surface area contributed by atoms with Gasteiger partial charge in [0.2, 0.25) is 0 Å². The molecular weight excluding hydrogens is 256 g/mol. The van der Waals surface area contributed by atoms with Crippen LogP contribution < -0.4 is 0 Å². The summed E-state index contributed by atoms with van der Waals surface area (Å²) >= 11 is 3.36.